The molecule has 0 aliphatic heterocycles. The third kappa shape index (κ3) is 2.71. The summed E-state index contributed by atoms with van der Waals surface area (Å²) in [7, 11) is 0. The molecule has 2 aromatic rings. The van der Waals surface area contributed by atoms with Crippen LogP contribution in [0.2, 0.25) is 0 Å². The Hall–Kier alpha value is -2.23. The average Bonchev–Trinajstić information content (AvgIpc) is 2.29. The van der Waals surface area contributed by atoms with Crippen molar-refractivity contribution in [3.05, 3.63) is 35.9 Å². The van der Waals surface area contributed by atoms with E-state index in [0.29, 0.717) is 13.0 Å². The molecule has 4 nitrogen and oxygen atoms in total. The van der Waals surface area contributed by atoms with Gasteiger partial charge in [-0.1, -0.05) is 6.07 Å². The summed E-state index contributed by atoms with van der Waals surface area (Å²) in [5, 5.41) is 23.6. The van der Waals surface area contributed by atoms with E-state index >= 15 is 0 Å². The Bertz CT molecular complexity index is 593. The number of carbonyl (C=O) groups is 1. The number of hydrogen-bond acceptors (Lipinski definition) is 3. The summed E-state index contributed by atoms with van der Waals surface area (Å²) in [6, 6.07) is 8.31. The first-order chi connectivity index (χ1) is 8.56. The summed E-state index contributed by atoms with van der Waals surface area (Å²) in [4.78, 5) is 10.8. The molecule has 0 heterocycles. The van der Waals surface area contributed by atoms with Crippen LogP contribution >= 0.6 is 0 Å². The fourth-order valence-electron chi connectivity index (χ4n) is 1.99. The number of aromatic hydroxyl groups is 2. The highest BCUT2D eigenvalue weighted by Gasteiger charge is 2.05. The predicted octanol–water partition coefficient (Wildman–Crippen LogP) is 1.93. The maximum absolute atomic E-state index is 10.8. The van der Waals surface area contributed by atoms with Crippen LogP contribution in [0.3, 0.4) is 0 Å². The van der Waals surface area contributed by atoms with Crippen LogP contribution in [0.15, 0.2) is 30.3 Å². The van der Waals surface area contributed by atoms with Crippen LogP contribution in [0.25, 0.3) is 10.8 Å². The molecule has 0 fully saturated rings. The molecule has 0 aliphatic carbocycles. The number of rotatable bonds is 3. The molecule has 0 atom stereocenters. The minimum atomic E-state index is -0.0812. The molecule has 94 valence electrons. The van der Waals surface area contributed by atoms with Crippen LogP contribution in [0, 0.1) is 0 Å². The van der Waals surface area contributed by atoms with Gasteiger partial charge in [-0.15, -0.1) is 0 Å². The highest BCUT2D eigenvalue weighted by atomic mass is 16.3. The molecule has 0 aromatic heterocycles. The second-order valence-electron chi connectivity index (χ2n) is 4.24. The summed E-state index contributed by atoms with van der Waals surface area (Å²) in [6.07, 6.45) is 0.605. The number of fused-ring (bicyclic) bond motifs is 1. The smallest absolute Gasteiger partial charge is 0.216 e. The zero-order chi connectivity index (χ0) is 13.1. The van der Waals surface area contributed by atoms with E-state index in [0.717, 1.165) is 16.3 Å². The van der Waals surface area contributed by atoms with Gasteiger partial charge >= 0.3 is 0 Å². The molecule has 0 saturated heterocycles. The van der Waals surface area contributed by atoms with E-state index in [-0.39, 0.29) is 17.4 Å². The molecule has 4 heteroatoms. The number of benzene rings is 2. The molecular formula is C14H15NO3. The van der Waals surface area contributed by atoms with Crippen molar-refractivity contribution < 1.29 is 15.0 Å². The van der Waals surface area contributed by atoms with E-state index < -0.39 is 0 Å². The Balaban J connectivity index is 2.35. The van der Waals surface area contributed by atoms with Crippen molar-refractivity contribution in [1.29, 1.82) is 0 Å². The van der Waals surface area contributed by atoms with Crippen LogP contribution in [0.5, 0.6) is 11.5 Å². The molecule has 0 saturated carbocycles. The van der Waals surface area contributed by atoms with Crippen molar-refractivity contribution in [1.82, 2.24) is 5.32 Å². The number of nitrogens with one attached hydrogen (secondary N) is 1. The van der Waals surface area contributed by atoms with Gasteiger partial charge in [-0.3, -0.25) is 4.79 Å². The lowest BCUT2D eigenvalue weighted by atomic mass is 10.0. The molecule has 0 aliphatic rings. The van der Waals surface area contributed by atoms with Crippen LogP contribution in [0.1, 0.15) is 12.5 Å². The topological polar surface area (TPSA) is 69.6 Å². The standard InChI is InChI=1S/C14H15NO3/c1-9(16)15-5-4-11-7-13(18)6-10-2-3-12(17)8-14(10)11/h2-3,6-8,17-18H,4-5H2,1H3,(H,15,16). The Morgan fingerprint density at radius 3 is 2.67 bits per heavy atom. The third-order valence-corrected chi connectivity index (χ3v) is 2.78. The maximum Gasteiger partial charge on any atom is 0.216 e. The van der Waals surface area contributed by atoms with Gasteiger partial charge < -0.3 is 15.5 Å². The Morgan fingerprint density at radius 1 is 1.17 bits per heavy atom. The monoisotopic (exact) mass is 245 g/mol. The van der Waals surface area contributed by atoms with Crippen molar-refractivity contribution in [3.8, 4) is 11.5 Å². The van der Waals surface area contributed by atoms with Crippen LogP contribution < -0.4 is 5.32 Å². The number of carbonyl (C=O) groups excluding carboxylic acids is 1. The summed E-state index contributed by atoms with van der Waals surface area (Å²) >= 11 is 0. The molecule has 0 bridgehead atoms. The van der Waals surface area contributed by atoms with Gasteiger partial charge in [0.05, 0.1) is 0 Å². The van der Waals surface area contributed by atoms with Gasteiger partial charge in [-0.2, -0.15) is 0 Å². The fraction of sp³-hybridized carbons (Fsp3) is 0.214. The van der Waals surface area contributed by atoms with Crippen molar-refractivity contribution in [2.75, 3.05) is 6.54 Å². The molecule has 2 aromatic carbocycles. The summed E-state index contributed by atoms with van der Waals surface area (Å²) in [6.45, 7) is 1.97. The first-order valence-electron chi connectivity index (χ1n) is 5.75. The van der Waals surface area contributed by atoms with Crippen molar-refractivity contribution in [2.45, 2.75) is 13.3 Å². The van der Waals surface area contributed by atoms with E-state index in [9.17, 15) is 15.0 Å². The molecule has 18 heavy (non-hydrogen) atoms. The summed E-state index contributed by atoms with van der Waals surface area (Å²) in [5.41, 5.74) is 0.898. The van der Waals surface area contributed by atoms with Crippen molar-refractivity contribution in [3.63, 3.8) is 0 Å². The molecule has 0 spiro atoms. The molecule has 3 N–H and O–H groups in total. The number of amides is 1. The Kier molecular flexibility index (Phi) is 3.37. The van der Waals surface area contributed by atoms with Gasteiger partial charge in [0.15, 0.2) is 0 Å². The molecule has 2 rings (SSSR count). The first kappa shape index (κ1) is 12.2. The van der Waals surface area contributed by atoms with Crippen molar-refractivity contribution >= 4 is 16.7 Å². The zero-order valence-electron chi connectivity index (χ0n) is 10.1. The van der Waals surface area contributed by atoms with Gasteiger partial charge in [0.25, 0.3) is 0 Å². The summed E-state index contributed by atoms with van der Waals surface area (Å²) < 4.78 is 0. The van der Waals surface area contributed by atoms with Gasteiger partial charge in [0, 0.05) is 13.5 Å². The lowest BCUT2D eigenvalue weighted by molar-refractivity contribution is -0.118. The van der Waals surface area contributed by atoms with Gasteiger partial charge in [-0.25, -0.2) is 0 Å². The average molecular weight is 245 g/mol. The third-order valence-electron chi connectivity index (χ3n) is 2.78. The minimum absolute atomic E-state index is 0.0812. The minimum Gasteiger partial charge on any atom is -0.508 e. The van der Waals surface area contributed by atoms with Crippen LogP contribution in [-0.2, 0) is 11.2 Å². The quantitative estimate of drug-likeness (QED) is 0.773. The van der Waals surface area contributed by atoms with Crippen LogP contribution in [-0.4, -0.2) is 22.7 Å². The molecule has 1 amide bonds. The van der Waals surface area contributed by atoms with E-state index in [4.69, 9.17) is 0 Å². The number of phenolic OH excluding ortho intramolecular Hbond substituents is 2. The highest BCUT2D eigenvalue weighted by molar-refractivity contribution is 5.88. The maximum atomic E-state index is 10.8. The van der Waals surface area contributed by atoms with Crippen LogP contribution in [0.4, 0.5) is 0 Å². The lowest BCUT2D eigenvalue weighted by Crippen LogP contribution is -2.22. The highest BCUT2D eigenvalue weighted by Crippen LogP contribution is 2.27. The van der Waals surface area contributed by atoms with Crippen molar-refractivity contribution in [2.24, 2.45) is 0 Å². The largest absolute Gasteiger partial charge is 0.508 e. The first-order valence-corrected chi connectivity index (χ1v) is 5.75. The van der Waals surface area contributed by atoms with Gasteiger partial charge in [0.1, 0.15) is 11.5 Å². The summed E-state index contributed by atoms with van der Waals surface area (Å²) in [5.74, 6) is 0.294. The second kappa shape index (κ2) is 4.96. The number of phenols is 2. The predicted molar refractivity (Wildman–Crippen MR) is 69.7 cm³/mol. The molecule has 0 radical (unpaired) electrons. The zero-order valence-corrected chi connectivity index (χ0v) is 10.1. The van der Waals surface area contributed by atoms with Gasteiger partial charge in [0.2, 0.25) is 5.91 Å². The molecular weight excluding hydrogens is 230 g/mol. The van der Waals surface area contributed by atoms with Gasteiger partial charge in [-0.05, 0) is 47.0 Å². The Labute approximate surface area is 105 Å². The SMILES string of the molecule is CC(=O)NCCc1cc(O)cc2ccc(O)cc12. The molecule has 0 unspecified atom stereocenters. The van der Waals surface area contributed by atoms with E-state index in [1.54, 1.807) is 30.3 Å². The van der Waals surface area contributed by atoms with E-state index in [1.807, 2.05) is 0 Å². The fourth-order valence-corrected chi connectivity index (χ4v) is 1.99. The Morgan fingerprint density at radius 2 is 1.94 bits per heavy atom. The second-order valence-corrected chi connectivity index (χ2v) is 4.24. The van der Waals surface area contributed by atoms with E-state index in [2.05, 4.69) is 5.32 Å². The van der Waals surface area contributed by atoms with E-state index in [1.165, 1.54) is 6.92 Å². The number of hydrogen-bond donors (Lipinski definition) is 3. The lowest BCUT2D eigenvalue weighted by Gasteiger charge is -2.08. The normalized spacial score (nSPS) is 10.5.